The Labute approximate surface area is 93.1 Å². The van der Waals surface area contributed by atoms with Gasteiger partial charge in [0, 0.05) is 5.54 Å². The summed E-state index contributed by atoms with van der Waals surface area (Å²) in [6, 6.07) is 0. The fourth-order valence-corrected chi connectivity index (χ4v) is 1.62. The van der Waals surface area contributed by atoms with Gasteiger partial charge in [0.05, 0.1) is 13.2 Å². The van der Waals surface area contributed by atoms with E-state index in [1.807, 2.05) is 25.8 Å². The first kappa shape index (κ1) is 12.3. The van der Waals surface area contributed by atoms with Gasteiger partial charge in [0.2, 0.25) is 5.13 Å². The van der Waals surface area contributed by atoms with Crippen molar-refractivity contribution >= 4 is 16.5 Å². The summed E-state index contributed by atoms with van der Waals surface area (Å²) in [6.07, 6.45) is 0. The molecule has 86 valence electrons. The van der Waals surface area contributed by atoms with Crippen LogP contribution in [0.25, 0.3) is 0 Å². The van der Waals surface area contributed by atoms with E-state index in [1.165, 1.54) is 11.3 Å². The fraction of sp³-hybridized carbons (Fsp3) is 0.750. The largest absolute Gasteiger partial charge is 0.394 e. The van der Waals surface area contributed by atoms with Gasteiger partial charge in [0.15, 0.2) is 0 Å². The number of hydrazine groups is 1. The predicted octanol–water partition coefficient (Wildman–Crippen LogP) is 0.0264. The van der Waals surface area contributed by atoms with Crippen LogP contribution in [-0.2, 0) is 6.54 Å². The van der Waals surface area contributed by atoms with Crippen molar-refractivity contribution in [3.8, 4) is 0 Å². The number of aliphatic hydroxyl groups is 1. The Morgan fingerprint density at radius 2 is 2.20 bits per heavy atom. The standard InChI is InChI=1S/C8H17N5OS/c1-8(2,5-14)13(3)4-6-11-12-7(10-9)15-6/h14H,4-5,9H2,1-3H3,(H,10,12). The number of hydrogen-bond acceptors (Lipinski definition) is 7. The highest BCUT2D eigenvalue weighted by atomic mass is 32.1. The third-order valence-electron chi connectivity index (χ3n) is 2.38. The van der Waals surface area contributed by atoms with Crippen LogP contribution in [0.3, 0.4) is 0 Å². The normalized spacial score (nSPS) is 12.1. The summed E-state index contributed by atoms with van der Waals surface area (Å²) in [5, 5.41) is 18.5. The van der Waals surface area contributed by atoms with E-state index in [2.05, 4.69) is 15.6 Å². The van der Waals surface area contributed by atoms with Gasteiger partial charge in [-0.3, -0.25) is 10.3 Å². The monoisotopic (exact) mass is 231 g/mol. The zero-order chi connectivity index (χ0) is 11.5. The van der Waals surface area contributed by atoms with E-state index in [-0.39, 0.29) is 12.1 Å². The Morgan fingerprint density at radius 3 is 2.67 bits per heavy atom. The van der Waals surface area contributed by atoms with Crippen LogP contribution in [0.15, 0.2) is 0 Å². The van der Waals surface area contributed by atoms with Gasteiger partial charge in [-0.2, -0.15) is 0 Å². The minimum Gasteiger partial charge on any atom is -0.394 e. The van der Waals surface area contributed by atoms with Crippen molar-refractivity contribution in [1.29, 1.82) is 0 Å². The van der Waals surface area contributed by atoms with Gasteiger partial charge >= 0.3 is 0 Å². The molecule has 0 saturated heterocycles. The highest BCUT2D eigenvalue weighted by Gasteiger charge is 2.23. The van der Waals surface area contributed by atoms with E-state index >= 15 is 0 Å². The average molecular weight is 231 g/mol. The summed E-state index contributed by atoms with van der Waals surface area (Å²) >= 11 is 1.41. The first-order valence-corrected chi connectivity index (χ1v) is 5.42. The molecule has 0 aliphatic heterocycles. The van der Waals surface area contributed by atoms with Gasteiger partial charge < -0.3 is 5.11 Å². The number of nitrogens with one attached hydrogen (secondary N) is 1. The molecule has 0 amide bonds. The van der Waals surface area contributed by atoms with Crippen molar-refractivity contribution in [1.82, 2.24) is 15.1 Å². The Hall–Kier alpha value is -0.760. The molecule has 0 saturated carbocycles. The van der Waals surface area contributed by atoms with E-state index in [9.17, 15) is 5.11 Å². The molecule has 0 radical (unpaired) electrons. The number of nitrogens with two attached hydrogens (primary N) is 1. The second-order valence-corrected chi connectivity index (χ2v) is 5.03. The molecule has 0 spiro atoms. The van der Waals surface area contributed by atoms with Crippen LogP contribution < -0.4 is 11.3 Å². The third-order valence-corrected chi connectivity index (χ3v) is 3.22. The van der Waals surface area contributed by atoms with Crippen molar-refractivity contribution in [3.63, 3.8) is 0 Å². The highest BCUT2D eigenvalue weighted by Crippen LogP contribution is 2.19. The maximum Gasteiger partial charge on any atom is 0.219 e. The molecule has 1 aromatic heterocycles. The van der Waals surface area contributed by atoms with Gasteiger partial charge in [-0.1, -0.05) is 11.3 Å². The second-order valence-electron chi connectivity index (χ2n) is 3.97. The van der Waals surface area contributed by atoms with Crippen LogP contribution in [0, 0.1) is 0 Å². The number of nitrogens with zero attached hydrogens (tertiary/aromatic N) is 3. The first-order valence-electron chi connectivity index (χ1n) is 4.60. The molecule has 1 rings (SSSR count). The Kier molecular flexibility index (Phi) is 3.97. The molecule has 0 unspecified atom stereocenters. The molecule has 0 aromatic carbocycles. The maximum absolute atomic E-state index is 9.19. The van der Waals surface area contributed by atoms with Gasteiger partial charge in [0.25, 0.3) is 0 Å². The molecule has 1 aromatic rings. The lowest BCUT2D eigenvalue weighted by atomic mass is 10.1. The SMILES string of the molecule is CN(Cc1nnc(NN)s1)C(C)(C)CO. The lowest BCUT2D eigenvalue weighted by Crippen LogP contribution is -2.43. The Balaban J connectivity index is 2.61. The molecule has 1 heterocycles. The Morgan fingerprint density at radius 1 is 1.53 bits per heavy atom. The molecule has 4 N–H and O–H groups in total. The third kappa shape index (κ3) is 3.10. The molecular formula is C8H17N5OS. The minimum atomic E-state index is -0.262. The van der Waals surface area contributed by atoms with Gasteiger partial charge in [0.1, 0.15) is 5.01 Å². The van der Waals surface area contributed by atoms with Crippen LogP contribution in [0.1, 0.15) is 18.9 Å². The summed E-state index contributed by atoms with van der Waals surface area (Å²) in [5.41, 5.74) is 2.19. The molecule has 0 aliphatic carbocycles. The second kappa shape index (κ2) is 4.84. The number of aromatic nitrogens is 2. The summed E-state index contributed by atoms with van der Waals surface area (Å²) in [6.45, 7) is 4.68. The lowest BCUT2D eigenvalue weighted by Gasteiger charge is -2.32. The summed E-state index contributed by atoms with van der Waals surface area (Å²) in [5.74, 6) is 5.21. The van der Waals surface area contributed by atoms with E-state index in [0.29, 0.717) is 11.7 Å². The van der Waals surface area contributed by atoms with Gasteiger partial charge in [-0.05, 0) is 20.9 Å². The summed E-state index contributed by atoms with van der Waals surface area (Å²) in [7, 11) is 1.94. The lowest BCUT2D eigenvalue weighted by molar-refractivity contribution is 0.0732. The highest BCUT2D eigenvalue weighted by molar-refractivity contribution is 7.15. The average Bonchev–Trinajstić information content (AvgIpc) is 2.65. The number of rotatable bonds is 5. The zero-order valence-electron chi connectivity index (χ0n) is 9.19. The quantitative estimate of drug-likeness (QED) is 0.489. The number of anilines is 1. The molecule has 15 heavy (non-hydrogen) atoms. The number of aliphatic hydroxyl groups excluding tert-OH is 1. The fourth-order valence-electron chi connectivity index (χ4n) is 0.913. The zero-order valence-corrected chi connectivity index (χ0v) is 10.0. The molecule has 0 bridgehead atoms. The maximum atomic E-state index is 9.19. The van der Waals surface area contributed by atoms with E-state index in [0.717, 1.165) is 5.01 Å². The van der Waals surface area contributed by atoms with Crippen molar-refractivity contribution in [2.24, 2.45) is 5.84 Å². The summed E-state index contributed by atoms with van der Waals surface area (Å²) < 4.78 is 0. The van der Waals surface area contributed by atoms with Crippen molar-refractivity contribution in [2.45, 2.75) is 25.9 Å². The molecule has 0 atom stereocenters. The molecular weight excluding hydrogens is 214 g/mol. The molecule has 6 nitrogen and oxygen atoms in total. The smallest absolute Gasteiger partial charge is 0.219 e. The van der Waals surface area contributed by atoms with Gasteiger partial charge in [-0.15, -0.1) is 10.2 Å². The van der Waals surface area contributed by atoms with Crippen molar-refractivity contribution in [3.05, 3.63) is 5.01 Å². The molecule has 7 heteroatoms. The number of hydrogen-bond donors (Lipinski definition) is 3. The van der Waals surface area contributed by atoms with Crippen LogP contribution >= 0.6 is 11.3 Å². The van der Waals surface area contributed by atoms with Crippen molar-refractivity contribution in [2.75, 3.05) is 19.1 Å². The van der Waals surface area contributed by atoms with Crippen LogP contribution in [0.5, 0.6) is 0 Å². The Bertz CT molecular complexity index is 314. The van der Waals surface area contributed by atoms with Crippen LogP contribution in [0.2, 0.25) is 0 Å². The topological polar surface area (TPSA) is 87.3 Å². The molecule has 0 aliphatic rings. The molecule has 0 fully saturated rings. The minimum absolute atomic E-state index is 0.101. The number of nitrogen functional groups attached to an aromatic ring is 1. The van der Waals surface area contributed by atoms with Crippen LogP contribution in [-0.4, -0.2) is 39.4 Å². The first-order chi connectivity index (χ1) is 6.99. The van der Waals surface area contributed by atoms with Gasteiger partial charge in [-0.25, -0.2) is 5.84 Å². The van der Waals surface area contributed by atoms with E-state index < -0.39 is 0 Å². The van der Waals surface area contributed by atoms with E-state index in [4.69, 9.17) is 5.84 Å². The van der Waals surface area contributed by atoms with Crippen molar-refractivity contribution < 1.29 is 5.11 Å². The predicted molar refractivity (Wildman–Crippen MR) is 60.4 cm³/mol. The van der Waals surface area contributed by atoms with E-state index in [1.54, 1.807) is 0 Å². The summed E-state index contributed by atoms with van der Waals surface area (Å²) in [4.78, 5) is 2.02. The van der Waals surface area contributed by atoms with Crippen LogP contribution in [0.4, 0.5) is 5.13 Å². The number of likely N-dealkylation sites (N-methyl/N-ethyl adjacent to an activating group) is 1.